The maximum Gasteiger partial charge on any atom is 0.243 e. The van der Waals surface area contributed by atoms with Crippen molar-refractivity contribution in [2.24, 2.45) is 17.8 Å². The highest BCUT2D eigenvalue weighted by Gasteiger charge is 2.32. The summed E-state index contributed by atoms with van der Waals surface area (Å²) in [7, 11) is 0. The van der Waals surface area contributed by atoms with Crippen LogP contribution in [0.4, 0.5) is 16.0 Å². The number of rotatable bonds is 9. The Balaban J connectivity index is 1.69. The number of nitrogens with zero attached hydrogens (tertiary/aromatic N) is 4. The van der Waals surface area contributed by atoms with Gasteiger partial charge in [-0.2, -0.15) is 4.39 Å². The Hall–Kier alpha value is -2.53. The first kappa shape index (κ1) is 23.1. The third kappa shape index (κ3) is 5.79. The molecule has 1 aromatic heterocycles. The molecular weight excluding hydrogens is 407 g/mol. The number of hydrogen-bond acceptors (Lipinski definition) is 8. The van der Waals surface area contributed by atoms with Gasteiger partial charge in [-0.3, -0.25) is 25.6 Å². The maximum atomic E-state index is 15.0. The molecule has 3 atom stereocenters. The summed E-state index contributed by atoms with van der Waals surface area (Å²) < 4.78 is 15.0. The second kappa shape index (κ2) is 10.2. The molecule has 0 radical (unpaired) electrons. The van der Waals surface area contributed by atoms with E-state index in [4.69, 9.17) is 0 Å². The molecule has 2 aliphatic rings. The fourth-order valence-corrected chi connectivity index (χ4v) is 4.36. The summed E-state index contributed by atoms with van der Waals surface area (Å²) in [5, 5.41) is 20.0. The van der Waals surface area contributed by atoms with Crippen molar-refractivity contribution in [3.8, 4) is 0 Å². The third-order valence-corrected chi connectivity index (χ3v) is 6.11. The van der Waals surface area contributed by atoms with Crippen LogP contribution in [0.15, 0.2) is 0 Å². The Morgan fingerprint density at radius 2 is 2.06 bits per heavy atom. The minimum atomic E-state index is -0.726. The molecule has 2 amide bonds. The standard InChI is InChI=1S/C20H31FN6O4/c1-12-8-26(10-16(12)29)19-17(21)18(22-13(2)23-19)24-25-20(30)15(9-27(31)11-28)7-14-5-3-4-6-14/h11-12,14-16,29,31H,3-10H2,1-2H3,(H,25,30)(H,22,23,24)/t12-,15+,16+/m0/s1. The monoisotopic (exact) mass is 438 g/mol. The van der Waals surface area contributed by atoms with Crippen LogP contribution in [0.5, 0.6) is 0 Å². The topological polar surface area (TPSA) is 131 Å². The lowest BCUT2D eigenvalue weighted by Gasteiger charge is -2.23. The van der Waals surface area contributed by atoms with Gasteiger partial charge in [-0.25, -0.2) is 15.0 Å². The largest absolute Gasteiger partial charge is 0.391 e. The number of halogens is 1. The molecule has 172 valence electrons. The third-order valence-electron chi connectivity index (χ3n) is 6.11. The molecular formula is C20H31FN6O4. The smallest absolute Gasteiger partial charge is 0.243 e. The molecule has 31 heavy (non-hydrogen) atoms. The minimum Gasteiger partial charge on any atom is -0.391 e. The molecule has 2 heterocycles. The summed E-state index contributed by atoms with van der Waals surface area (Å²) in [6.45, 7) is 4.07. The van der Waals surface area contributed by atoms with Crippen LogP contribution in [-0.4, -0.2) is 63.4 Å². The van der Waals surface area contributed by atoms with Gasteiger partial charge in [0.1, 0.15) is 5.82 Å². The Kier molecular flexibility index (Phi) is 7.60. The van der Waals surface area contributed by atoms with Crippen molar-refractivity contribution in [3.63, 3.8) is 0 Å². The van der Waals surface area contributed by atoms with Crippen molar-refractivity contribution in [1.29, 1.82) is 0 Å². The number of aliphatic hydroxyl groups excluding tert-OH is 1. The molecule has 0 bridgehead atoms. The highest BCUT2D eigenvalue weighted by molar-refractivity contribution is 5.80. The SMILES string of the molecule is Cc1nc(NNC(=O)[C@H](CC2CCCC2)CN(O)C=O)c(F)c(N2C[C@@H](O)[C@@H](C)C2)n1. The van der Waals surface area contributed by atoms with Gasteiger partial charge in [0.15, 0.2) is 11.6 Å². The highest BCUT2D eigenvalue weighted by Crippen LogP contribution is 2.31. The van der Waals surface area contributed by atoms with E-state index in [1.165, 1.54) is 0 Å². The molecule has 0 unspecified atom stereocenters. The van der Waals surface area contributed by atoms with Gasteiger partial charge in [0.25, 0.3) is 0 Å². The Labute approximate surface area is 180 Å². The van der Waals surface area contributed by atoms with E-state index in [1.807, 2.05) is 6.92 Å². The number of amides is 2. The van der Waals surface area contributed by atoms with Crippen molar-refractivity contribution in [1.82, 2.24) is 20.5 Å². The van der Waals surface area contributed by atoms with Crippen LogP contribution in [0.2, 0.25) is 0 Å². The van der Waals surface area contributed by atoms with Gasteiger partial charge >= 0.3 is 0 Å². The Morgan fingerprint density at radius 1 is 1.35 bits per heavy atom. The fraction of sp³-hybridized carbons (Fsp3) is 0.700. The van der Waals surface area contributed by atoms with Gasteiger partial charge in [0.2, 0.25) is 18.1 Å². The van der Waals surface area contributed by atoms with Gasteiger partial charge in [-0.15, -0.1) is 0 Å². The van der Waals surface area contributed by atoms with Gasteiger partial charge in [0.05, 0.1) is 18.6 Å². The van der Waals surface area contributed by atoms with Crippen molar-refractivity contribution >= 4 is 24.0 Å². The summed E-state index contributed by atoms with van der Waals surface area (Å²) in [4.78, 5) is 33.4. The first-order chi connectivity index (χ1) is 14.8. The number of aromatic nitrogens is 2. The molecule has 1 saturated heterocycles. The van der Waals surface area contributed by atoms with Crippen molar-refractivity contribution in [2.45, 2.75) is 52.1 Å². The predicted octanol–water partition coefficient (Wildman–Crippen LogP) is 1.23. The highest BCUT2D eigenvalue weighted by atomic mass is 19.1. The summed E-state index contributed by atoms with van der Waals surface area (Å²) in [6, 6.07) is 0. The number of aryl methyl sites for hydroxylation is 1. The molecule has 2 fully saturated rings. The molecule has 0 spiro atoms. The molecule has 10 nitrogen and oxygen atoms in total. The lowest BCUT2D eigenvalue weighted by atomic mass is 9.92. The Morgan fingerprint density at radius 3 is 2.68 bits per heavy atom. The molecule has 3 rings (SSSR count). The van der Waals surface area contributed by atoms with Crippen LogP contribution in [0, 0.1) is 30.5 Å². The summed E-state index contributed by atoms with van der Waals surface area (Å²) in [5.74, 6) is -1.30. The van der Waals surface area contributed by atoms with E-state index in [-0.39, 0.29) is 37.1 Å². The van der Waals surface area contributed by atoms with E-state index >= 15 is 4.39 Å². The second-order valence-corrected chi connectivity index (χ2v) is 8.63. The zero-order chi connectivity index (χ0) is 22.5. The van der Waals surface area contributed by atoms with Crippen LogP contribution >= 0.6 is 0 Å². The average Bonchev–Trinajstić information content (AvgIpc) is 3.37. The Bertz CT molecular complexity index is 781. The van der Waals surface area contributed by atoms with E-state index in [0.717, 1.165) is 25.7 Å². The minimum absolute atomic E-state index is 0.0126. The maximum absolute atomic E-state index is 15.0. The first-order valence-electron chi connectivity index (χ1n) is 10.7. The lowest BCUT2D eigenvalue weighted by molar-refractivity contribution is -0.154. The van der Waals surface area contributed by atoms with Crippen LogP contribution in [0.3, 0.4) is 0 Å². The van der Waals surface area contributed by atoms with Crippen molar-refractivity contribution in [3.05, 3.63) is 11.6 Å². The van der Waals surface area contributed by atoms with Crippen molar-refractivity contribution < 1.29 is 24.3 Å². The number of anilines is 2. The zero-order valence-corrected chi connectivity index (χ0v) is 17.9. The normalized spacial score (nSPS) is 22.4. The van der Waals surface area contributed by atoms with Crippen LogP contribution in [-0.2, 0) is 9.59 Å². The second-order valence-electron chi connectivity index (χ2n) is 8.63. The van der Waals surface area contributed by atoms with E-state index in [0.29, 0.717) is 29.8 Å². The molecule has 4 N–H and O–H groups in total. The van der Waals surface area contributed by atoms with Crippen molar-refractivity contribution in [2.75, 3.05) is 30.0 Å². The molecule has 11 heteroatoms. The van der Waals surface area contributed by atoms with Gasteiger partial charge in [-0.05, 0) is 19.3 Å². The van der Waals surface area contributed by atoms with Crippen LogP contribution in [0.25, 0.3) is 0 Å². The number of hydroxylamine groups is 2. The molecule has 1 aliphatic heterocycles. The van der Waals surface area contributed by atoms with Crippen LogP contribution in [0.1, 0.15) is 44.9 Å². The van der Waals surface area contributed by atoms with E-state index in [2.05, 4.69) is 20.8 Å². The number of hydrazine groups is 1. The van der Waals surface area contributed by atoms with Gasteiger partial charge < -0.3 is 10.0 Å². The average molecular weight is 439 g/mol. The van der Waals surface area contributed by atoms with Gasteiger partial charge in [0, 0.05) is 19.0 Å². The molecule has 1 aromatic rings. The van der Waals surface area contributed by atoms with Crippen LogP contribution < -0.4 is 15.8 Å². The summed E-state index contributed by atoms with van der Waals surface area (Å²) in [6.07, 6.45) is 4.44. The van der Waals surface area contributed by atoms with E-state index in [9.17, 15) is 19.9 Å². The molecule has 0 aromatic carbocycles. The summed E-state index contributed by atoms with van der Waals surface area (Å²) >= 11 is 0. The quantitative estimate of drug-likeness (QED) is 0.257. The molecule has 1 aliphatic carbocycles. The number of aliphatic hydroxyl groups is 1. The fourth-order valence-electron chi connectivity index (χ4n) is 4.36. The summed E-state index contributed by atoms with van der Waals surface area (Å²) in [5.41, 5.74) is 5.00. The van der Waals surface area contributed by atoms with Gasteiger partial charge in [-0.1, -0.05) is 32.6 Å². The number of nitrogens with one attached hydrogen (secondary N) is 2. The zero-order valence-electron chi connectivity index (χ0n) is 17.9. The first-order valence-corrected chi connectivity index (χ1v) is 10.7. The predicted molar refractivity (Wildman–Crippen MR) is 110 cm³/mol. The van der Waals surface area contributed by atoms with E-state index < -0.39 is 23.7 Å². The number of carbonyl (C=O) groups excluding carboxylic acids is 2. The number of hydrogen-bond donors (Lipinski definition) is 4. The lowest BCUT2D eigenvalue weighted by Crippen LogP contribution is -2.41. The molecule has 1 saturated carbocycles. The number of carbonyl (C=O) groups is 2. The van der Waals surface area contributed by atoms with E-state index in [1.54, 1.807) is 11.8 Å². The number of β-amino-alcohol motifs (C(OH)–C–C–N with tert-alkyl or cyclic N) is 1.